The first-order valence-corrected chi connectivity index (χ1v) is 7.25. The molecule has 0 N–H and O–H groups in total. The normalized spacial score (nSPS) is 14.6. The number of ether oxygens (including phenoxy) is 1. The lowest BCUT2D eigenvalue weighted by Gasteiger charge is -2.22. The Morgan fingerprint density at radius 2 is 2.17 bits per heavy atom. The Labute approximate surface area is 114 Å². The molecule has 0 bridgehead atoms. The molecule has 0 radical (unpaired) electrons. The second-order valence-corrected chi connectivity index (χ2v) is 5.13. The highest BCUT2D eigenvalue weighted by molar-refractivity contribution is 7.79. The van der Waals surface area contributed by atoms with Crippen LogP contribution in [0, 0.1) is 0 Å². The number of methoxy groups -OCH3 is 1. The van der Waals surface area contributed by atoms with Crippen molar-refractivity contribution in [3.05, 3.63) is 33.2 Å². The molecule has 4 heteroatoms. The van der Waals surface area contributed by atoms with Gasteiger partial charge in [-0.05, 0) is 43.7 Å². The molecule has 0 spiro atoms. The third-order valence-corrected chi connectivity index (χ3v) is 3.92. The fraction of sp³-hybridized carbons (Fsp3) is 0.643. The molecule has 0 aliphatic heterocycles. The molecule has 1 aromatic rings. The van der Waals surface area contributed by atoms with Gasteiger partial charge in [0.1, 0.15) is 0 Å². The van der Waals surface area contributed by atoms with Gasteiger partial charge in [-0.1, -0.05) is 0 Å². The Balaban J connectivity index is 2.37. The smallest absolute Gasteiger partial charge is 0.254 e. The summed E-state index contributed by atoms with van der Waals surface area (Å²) in [5.74, 6) is 0.524. The lowest BCUT2D eigenvalue weighted by atomic mass is 9.94. The maximum atomic E-state index is 12.3. The molecular formula is C14H21NO2S. The van der Waals surface area contributed by atoms with Crippen molar-refractivity contribution in [2.75, 3.05) is 13.7 Å². The van der Waals surface area contributed by atoms with E-state index in [1.807, 2.05) is 4.57 Å². The average molecular weight is 267 g/mol. The lowest BCUT2D eigenvalue weighted by molar-refractivity contribution is 0.189. The van der Waals surface area contributed by atoms with Crippen LogP contribution in [0.1, 0.15) is 36.1 Å². The summed E-state index contributed by atoms with van der Waals surface area (Å²) in [6, 6.07) is 2.07. The van der Waals surface area contributed by atoms with E-state index in [1.165, 1.54) is 24.1 Å². The van der Waals surface area contributed by atoms with Crippen LogP contribution in [0.3, 0.4) is 0 Å². The molecule has 18 heavy (non-hydrogen) atoms. The zero-order chi connectivity index (χ0) is 13.0. The number of fused-ring (bicyclic) bond motifs is 1. The summed E-state index contributed by atoms with van der Waals surface area (Å²) in [5, 5.41) is 0. The SMILES string of the molecule is COCCCn1c2c(cc(CS)c1=O)CCCC2. The summed E-state index contributed by atoms with van der Waals surface area (Å²) in [6.45, 7) is 1.46. The van der Waals surface area contributed by atoms with Crippen LogP contribution in [0.2, 0.25) is 0 Å². The Morgan fingerprint density at radius 1 is 1.39 bits per heavy atom. The van der Waals surface area contributed by atoms with Crippen molar-refractivity contribution in [3.63, 3.8) is 0 Å². The van der Waals surface area contributed by atoms with Gasteiger partial charge in [-0.3, -0.25) is 4.79 Å². The van der Waals surface area contributed by atoms with Gasteiger partial charge < -0.3 is 9.30 Å². The number of nitrogens with zero attached hydrogens (tertiary/aromatic N) is 1. The highest BCUT2D eigenvalue weighted by Crippen LogP contribution is 2.21. The van der Waals surface area contributed by atoms with Crippen molar-refractivity contribution in [1.29, 1.82) is 0 Å². The standard InChI is InChI=1S/C14H21NO2S/c1-17-8-4-7-15-13-6-3-2-5-11(13)9-12(10-18)14(15)16/h9,18H,2-8,10H2,1H3. The quantitative estimate of drug-likeness (QED) is 0.655. The fourth-order valence-corrected chi connectivity index (χ4v) is 2.89. The Kier molecular flexibility index (Phi) is 4.89. The van der Waals surface area contributed by atoms with Gasteiger partial charge in [0.05, 0.1) is 0 Å². The van der Waals surface area contributed by atoms with Crippen molar-refractivity contribution >= 4 is 12.6 Å². The lowest BCUT2D eigenvalue weighted by Crippen LogP contribution is -2.29. The van der Waals surface area contributed by atoms with Crippen LogP contribution in [-0.4, -0.2) is 18.3 Å². The van der Waals surface area contributed by atoms with E-state index in [-0.39, 0.29) is 5.56 Å². The van der Waals surface area contributed by atoms with E-state index in [4.69, 9.17) is 4.74 Å². The predicted molar refractivity (Wildman–Crippen MR) is 76.5 cm³/mol. The van der Waals surface area contributed by atoms with Crippen LogP contribution in [0.4, 0.5) is 0 Å². The van der Waals surface area contributed by atoms with E-state index in [1.54, 1.807) is 7.11 Å². The van der Waals surface area contributed by atoms with E-state index in [9.17, 15) is 4.79 Å². The molecule has 0 fully saturated rings. The van der Waals surface area contributed by atoms with Gasteiger partial charge in [-0.15, -0.1) is 0 Å². The van der Waals surface area contributed by atoms with Crippen molar-refractivity contribution in [1.82, 2.24) is 4.57 Å². The molecule has 0 atom stereocenters. The van der Waals surface area contributed by atoms with E-state index in [0.717, 1.165) is 31.4 Å². The van der Waals surface area contributed by atoms with Gasteiger partial charge in [-0.25, -0.2) is 0 Å². The Bertz CT molecular complexity index is 468. The summed E-state index contributed by atoms with van der Waals surface area (Å²) in [5.41, 5.74) is 3.56. The number of hydrogen-bond acceptors (Lipinski definition) is 3. The molecule has 0 aromatic carbocycles. The first-order valence-electron chi connectivity index (χ1n) is 6.62. The van der Waals surface area contributed by atoms with E-state index in [0.29, 0.717) is 12.4 Å². The molecule has 3 nitrogen and oxygen atoms in total. The van der Waals surface area contributed by atoms with Crippen molar-refractivity contribution in [2.24, 2.45) is 0 Å². The van der Waals surface area contributed by atoms with Gasteiger partial charge >= 0.3 is 0 Å². The van der Waals surface area contributed by atoms with E-state index in [2.05, 4.69) is 18.7 Å². The summed E-state index contributed by atoms with van der Waals surface area (Å²) in [4.78, 5) is 12.3. The summed E-state index contributed by atoms with van der Waals surface area (Å²) in [7, 11) is 1.70. The minimum absolute atomic E-state index is 0.141. The van der Waals surface area contributed by atoms with Gasteiger partial charge in [0, 0.05) is 37.3 Å². The third-order valence-electron chi connectivity index (χ3n) is 3.58. The number of pyridine rings is 1. The van der Waals surface area contributed by atoms with E-state index < -0.39 is 0 Å². The zero-order valence-electron chi connectivity index (χ0n) is 10.9. The van der Waals surface area contributed by atoms with Gasteiger partial charge in [0.25, 0.3) is 5.56 Å². The van der Waals surface area contributed by atoms with Crippen LogP contribution in [0.5, 0.6) is 0 Å². The van der Waals surface area contributed by atoms with Crippen LogP contribution >= 0.6 is 12.6 Å². The molecule has 0 unspecified atom stereocenters. The van der Waals surface area contributed by atoms with Crippen LogP contribution in [0.15, 0.2) is 10.9 Å². The van der Waals surface area contributed by atoms with Crippen molar-refractivity contribution in [3.8, 4) is 0 Å². The maximum Gasteiger partial charge on any atom is 0.254 e. The summed E-state index contributed by atoms with van der Waals surface area (Å²) in [6.07, 6.45) is 5.44. The largest absolute Gasteiger partial charge is 0.385 e. The van der Waals surface area contributed by atoms with Gasteiger partial charge in [0.2, 0.25) is 0 Å². The molecule has 0 amide bonds. The highest BCUT2D eigenvalue weighted by Gasteiger charge is 2.16. The monoisotopic (exact) mass is 267 g/mol. The second-order valence-electron chi connectivity index (χ2n) is 4.81. The molecule has 100 valence electrons. The van der Waals surface area contributed by atoms with Gasteiger partial charge in [0.15, 0.2) is 0 Å². The average Bonchev–Trinajstić information content (AvgIpc) is 2.41. The molecule has 1 aromatic heterocycles. The maximum absolute atomic E-state index is 12.3. The third kappa shape index (κ3) is 2.81. The minimum atomic E-state index is 0.141. The first kappa shape index (κ1) is 13.7. The molecule has 2 rings (SSSR count). The van der Waals surface area contributed by atoms with Crippen molar-refractivity contribution in [2.45, 2.75) is 44.4 Å². The summed E-state index contributed by atoms with van der Waals surface area (Å²) >= 11 is 4.27. The molecule has 1 aliphatic carbocycles. The predicted octanol–water partition coefficient (Wildman–Crippen LogP) is 2.19. The second kappa shape index (κ2) is 6.43. The van der Waals surface area contributed by atoms with Crippen LogP contribution in [0.25, 0.3) is 0 Å². The van der Waals surface area contributed by atoms with Crippen LogP contribution < -0.4 is 5.56 Å². The molecule has 1 aliphatic rings. The van der Waals surface area contributed by atoms with E-state index >= 15 is 0 Å². The Hall–Kier alpha value is -0.740. The summed E-state index contributed by atoms with van der Waals surface area (Å²) < 4.78 is 7.03. The molecule has 0 saturated carbocycles. The Morgan fingerprint density at radius 3 is 2.89 bits per heavy atom. The number of hydrogen-bond donors (Lipinski definition) is 1. The zero-order valence-corrected chi connectivity index (χ0v) is 11.8. The van der Waals surface area contributed by atoms with Gasteiger partial charge in [-0.2, -0.15) is 12.6 Å². The highest BCUT2D eigenvalue weighted by atomic mass is 32.1. The number of aromatic nitrogens is 1. The molecule has 0 saturated heterocycles. The molecule has 1 heterocycles. The minimum Gasteiger partial charge on any atom is -0.385 e. The topological polar surface area (TPSA) is 31.2 Å². The molecular weight excluding hydrogens is 246 g/mol. The van der Waals surface area contributed by atoms with Crippen molar-refractivity contribution < 1.29 is 4.74 Å². The number of thiol groups is 1. The van der Waals surface area contributed by atoms with Crippen LogP contribution in [-0.2, 0) is 29.9 Å². The fourth-order valence-electron chi connectivity index (χ4n) is 2.66. The number of rotatable bonds is 5. The first-order chi connectivity index (χ1) is 8.77. The number of aryl methyl sites for hydroxylation is 1.